The number of aromatic nitrogens is 1. The molecule has 0 unspecified atom stereocenters. The van der Waals surface area contributed by atoms with Crippen LogP contribution in [0.5, 0.6) is 5.75 Å². The van der Waals surface area contributed by atoms with Gasteiger partial charge in [0.05, 0.1) is 11.1 Å². The van der Waals surface area contributed by atoms with Crippen molar-refractivity contribution in [1.82, 2.24) is 4.98 Å². The quantitative estimate of drug-likeness (QED) is 0.380. The number of hydrogen-bond donors (Lipinski definition) is 2. The molecule has 0 amide bonds. The van der Waals surface area contributed by atoms with E-state index in [1.807, 2.05) is 0 Å². The third kappa shape index (κ3) is 3.60. The number of phenols is 1. The van der Waals surface area contributed by atoms with Crippen molar-refractivity contribution < 1.29 is 10.0 Å². The molecule has 0 aliphatic carbocycles. The minimum absolute atomic E-state index is 0.0942. The number of amidine groups is 1. The Bertz CT molecular complexity index is 713. The predicted octanol–water partition coefficient (Wildman–Crippen LogP) is 1.43. The Hall–Kier alpha value is -3.29. The summed E-state index contributed by atoms with van der Waals surface area (Å²) in [5.41, 5.74) is 6.15. The van der Waals surface area contributed by atoms with Crippen molar-refractivity contribution in [2.24, 2.45) is 15.9 Å². The number of pyridine rings is 1. The van der Waals surface area contributed by atoms with E-state index < -0.39 is 4.92 Å². The molecule has 0 saturated carbocycles. The zero-order valence-corrected chi connectivity index (χ0v) is 10.7. The fourth-order valence-corrected chi connectivity index (χ4v) is 1.48. The standard InChI is InChI=1S/C13H11N5O3/c14-13(11-3-1-2-6-15-11)17-16-8-9-7-10(18(20)21)4-5-12(9)19/h1-8,19H,(H2,14,17). The second kappa shape index (κ2) is 6.24. The van der Waals surface area contributed by atoms with Gasteiger partial charge in [0, 0.05) is 23.9 Å². The average Bonchev–Trinajstić information content (AvgIpc) is 2.49. The molecule has 2 rings (SSSR count). The first kappa shape index (κ1) is 14.1. The Labute approximate surface area is 119 Å². The lowest BCUT2D eigenvalue weighted by Gasteiger charge is -1.98. The zero-order valence-electron chi connectivity index (χ0n) is 10.7. The summed E-state index contributed by atoms with van der Waals surface area (Å²) in [6.45, 7) is 0. The average molecular weight is 285 g/mol. The Morgan fingerprint density at radius 2 is 2.19 bits per heavy atom. The number of nitro benzene ring substituents is 1. The van der Waals surface area contributed by atoms with E-state index >= 15 is 0 Å². The van der Waals surface area contributed by atoms with Gasteiger partial charge in [-0.3, -0.25) is 15.1 Å². The van der Waals surface area contributed by atoms with Gasteiger partial charge in [-0.2, -0.15) is 5.10 Å². The van der Waals surface area contributed by atoms with Crippen LogP contribution >= 0.6 is 0 Å². The van der Waals surface area contributed by atoms with Crippen LogP contribution in [0.25, 0.3) is 0 Å². The molecule has 21 heavy (non-hydrogen) atoms. The van der Waals surface area contributed by atoms with E-state index in [-0.39, 0.29) is 22.8 Å². The lowest BCUT2D eigenvalue weighted by atomic mass is 10.2. The van der Waals surface area contributed by atoms with Gasteiger partial charge in [0.2, 0.25) is 0 Å². The molecule has 0 bridgehead atoms. The topological polar surface area (TPSA) is 127 Å². The van der Waals surface area contributed by atoms with Crippen molar-refractivity contribution in [3.63, 3.8) is 0 Å². The summed E-state index contributed by atoms with van der Waals surface area (Å²) in [5, 5.41) is 27.7. The summed E-state index contributed by atoms with van der Waals surface area (Å²) in [4.78, 5) is 14.1. The fourth-order valence-electron chi connectivity index (χ4n) is 1.48. The van der Waals surface area contributed by atoms with Crippen LogP contribution in [-0.4, -0.2) is 27.1 Å². The molecule has 1 aromatic carbocycles. The second-order valence-corrected chi connectivity index (χ2v) is 3.95. The fraction of sp³-hybridized carbons (Fsp3) is 0. The van der Waals surface area contributed by atoms with E-state index in [4.69, 9.17) is 5.73 Å². The molecule has 1 aromatic heterocycles. The minimum atomic E-state index is -0.567. The number of nitrogens with two attached hydrogens (primary N) is 1. The Morgan fingerprint density at radius 1 is 1.38 bits per heavy atom. The maximum absolute atomic E-state index is 10.7. The monoisotopic (exact) mass is 285 g/mol. The number of phenolic OH excluding ortho intramolecular Hbond substituents is 1. The lowest BCUT2D eigenvalue weighted by Crippen LogP contribution is -2.14. The Kier molecular flexibility index (Phi) is 4.20. The van der Waals surface area contributed by atoms with E-state index in [9.17, 15) is 15.2 Å². The van der Waals surface area contributed by atoms with Crippen LogP contribution in [0.3, 0.4) is 0 Å². The molecular weight excluding hydrogens is 274 g/mol. The highest BCUT2D eigenvalue weighted by Gasteiger charge is 2.08. The molecule has 0 aliphatic rings. The Balaban J connectivity index is 2.22. The van der Waals surface area contributed by atoms with Gasteiger partial charge in [0.15, 0.2) is 5.84 Å². The van der Waals surface area contributed by atoms with Gasteiger partial charge in [0.1, 0.15) is 11.4 Å². The van der Waals surface area contributed by atoms with E-state index in [1.54, 1.807) is 24.4 Å². The number of hydrogen-bond acceptors (Lipinski definition) is 6. The van der Waals surface area contributed by atoms with Crippen LogP contribution in [0, 0.1) is 10.1 Å². The summed E-state index contributed by atoms with van der Waals surface area (Å²) in [6, 6.07) is 8.75. The molecule has 0 fully saturated rings. The van der Waals surface area contributed by atoms with Gasteiger partial charge < -0.3 is 10.8 Å². The first-order chi connectivity index (χ1) is 10.1. The highest BCUT2D eigenvalue weighted by Crippen LogP contribution is 2.21. The first-order valence-corrected chi connectivity index (χ1v) is 5.83. The van der Waals surface area contributed by atoms with E-state index in [2.05, 4.69) is 15.2 Å². The second-order valence-electron chi connectivity index (χ2n) is 3.95. The number of nitrogens with zero attached hydrogens (tertiary/aromatic N) is 4. The smallest absolute Gasteiger partial charge is 0.270 e. The molecule has 0 aliphatic heterocycles. The molecule has 3 N–H and O–H groups in total. The van der Waals surface area contributed by atoms with Crippen molar-refractivity contribution in [1.29, 1.82) is 0 Å². The Morgan fingerprint density at radius 3 is 2.86 bits per heavy atom. The van der Waals surface area contributed by atoms with Crippen LogP contribution in [0.2, 0.25) is 0 Å². The van der Waals surface area contributed by atoms with Crippen molar-refractivity contribution >= 4 is 17.7 Å². The van der Waals surface area contributed by atoms with E-state index in [1.165, 1.54) is 24.4 Å². The molecule has 0 spiro atoms. The third-order valence-corrected chi connectivity index (χ3v) is 2.51. The van der Waals surface area contributed by atoms with Crippen LogP contribution in [0.15, 0.2) is 52.8 Å². The van der Waals surface area contributed by atoms with Gasteiger partial charge in [-0.05, 0) is 18.2 Å². The van der Waals surface area contributed by atoms with Crippen molar-refractivity contribution in [2.45, 2.75) is 0 Å². The molecule has 0 saturated heterocycles. The summed E-state index contributed by atoms with van der Waals surface area (Å²) < 4.78 is 0. The number of benzene rings is 1. The van der Waals surface area contributed by atoms with Gasteiger partial charge >= 0.3 is 0 Å². The van der Waals surface area contributed by atoms with Crippen molar-refractivity contribution in [3.8, 4) is 5.75 Å². The number of nitro groups is 1. The summed E-state index contributed by atoms with van der Waals surface area (Å²) in [5.74, 6) is -0.0484. The van der Waals surface area contributed by atoms with Crippen molar-refractivity contribution in [2.75, 3.05) is 0 Å². The molecule has 0 radical (unpaired) electrons. The SMILES string of the molecule is NC(=NN=Cc1cc([N+](=O)[O-])ccc1O)c1ccccn1. The maximum atomic E-state index is 10.7. The third-order valence-electron chi connectivity index (χ3n) is 2.51. The maximum Gasteiger partial charge on any atom is 0.270 e. The minimum Gasteiger partial charge on any atom is -0.507 e. The van der Waals surface area contributed by atoms with E-state index in [0.717, 1.165) is 0 Å². The normalized spacial score (nSPS) is 11.7. The number of non-ortho nitro benzene ring substituents is 1. The zero-order chi connectivity index (χ0) is 15.2. The number of rotatable bonds is 4. The van der Waals surface area contributed by atoms with Gasteiger partial charge in [0.25, 0.3) is 5.69 Å². The molecule has 1 heterocycles. The van der Waals surface area contributed by atoms with Gasteiger partial charge in [-0.15, -0.1) is 5.10 Å². The predicted molar refractivity (Wildman–Crippen MR) is 77.3 cm³/mol. The van der Waals surface area contributed by atoms with Crippen LogP contribution in [0.1, 0.15) is 11.3 Å². The number of aromatic hydroxyl groups is 1. The summed E-state index contributed by atoms with van der Waals surface area (Å²) in [6.07, 6.45) is 2.74. The molecule has 106 valence electrons. The van der Waals surface area contributed by atoms with Crippen LogP contribution in [-0.2, 0) is 0 Å². The van der Waals surface area contributed by atoms with Crippen LogP contribution in [0.4, 0.5) is 5.69 Å². The van der Waals surface area contributed by atoms with Crippen molar-refractivity contribution in [3.05, 3.63) is 64.0 Å². The molecule has 8 heteroatoms. The largest absolute Gasteiger partial charge is 0.507 e. The highest BCUT2D eigenvalue weighted by atomic mass is 16.6. The van der Waals surface area contributed by atoms with Crippen LogP contribution < -0.4 is 5.73 Å². The molecular formula is C13H11N5O3. The highest BCUT2D eigenvalue weighted by molar-refractivity contribution is 5.96. The molecule has 2 aromatic rings. The lowest BCUT2D eigenvalue weighted by molar-refractivity contribution is -0.384. The first-order valence-electron chi connectivity index (χ1n) is 5.83. The summed E-state index contributed by atoms with van der Waals surface area (Å²) >= 11 is 0. The van der Waals surface area contributed by atoms with E-state index in [0.29, 0.717) is 5.69 Å². The molecule has 0 atom stereocenters. The van der Waals surface area contributed by atoms with Gasteiger partial charge in [-0.25, -0.2) is 0 Å². The molecule has 8 nitrogen and oxygen atoms in total. The van der Waals surface area contributed by atoms with Gasteiger partial charge in [-0.1, -0.05) is 6.07 Å². The summed E-state index contributed by atoms with van der Waals surface area (Å²) in [7, 11) is 0.